The normalized spacial score (nSPS) is 15.1. The zero-order chi connectivity index (χ0) is 9.78. The van der Waals surface area contributed by atoms with Gasteiger partial charge in [-0.05, 0) is 19.4 Å². The lowest BCUT2D eigenvalue weighted by molar-refractivity contribution is -0.112. The van der Waals surface area contributed by atoms with Crippen molar-refractivity contribution in [1.29, 1.82) is 0 Å². The highest BCUT2D eigenvalue weighted by atomic mass is 32.2. The van der Waals surface area contributed by atoms with Crippen molar-refractivity contribution >= 4 is 29.3 Å². The molecule has 0 saturated heterocycles. The van der Waals surface area contributed by atoms with Crippen molar-refractivity contribution in [2.75, 3.05) is 12.5 Å². The zero-order valence-corrected chi connectivity index (χ0v) is 6.94. The van der Waals surface area contributed by atoms with E-state index in [1.165, 1.54) is 29.6 Å². The second-order valence-electron chi connectivity index (χ2n) is 1.24. The van der Waals surface area contributed by atoms with Crippen LogP contribution in [0.15, 0.2) is 10.3 Å². The Hall–Kier alpha value is 0.110. The van der Waals surface area contributed by atoms with Crippen molar-refractivity contribution in [2.24, 2.45) is 0 Å². The third kappa shape index (κ3) is 4.60. The minimum absolute atomic E-state index is 0.719. The van der Waals surface area contributed by atoms with E-state index in [2.05, 4.69) is 0 Å². The molecular formula is C6H10OS2. The summed E-state index contributed by atoms with van der Waals surface area (Å²) in [6.07, 6.45) is 4.77. The van der Waals surface area contributed by atoms with E-state index >= 15 is 0 Å². The predicted octanol–water partition coefficient (Wildman–Crippen LogP) is 2.14. The molecular weight excluding hydrogens is 152 g/mol. The van der Waals surface area contributed by atoms with E-state index in [1.54, 1.807) is 12.5 Å². The van der Waals surface area contributed by atoms with Crippen LogP contribution >= 0.6 is 23.5 Å². The van der Waals surface area contributed by atoms with Crippen LogP contribution in [0.5, 0.6) is 0 Å². The van der Waals surface area contributed by atoms with Crippen LogP contribution in [0.1, 0.15) is 11.0 Å². The largest absolute Gasteiger partial charge is 0.295 e. The van der Waals surface area contributed by atoms with Crippen LogP contribution < -0.4 is 0 Å². The Morgan fingerprint density at radius 1 is 1.56 bits per heavy atom. The smallest absolute Gasteiger partial charge is 0.154 e. The number of carbonyl (C=O) groups is 1. The molecule has 0 fully saturated rings. The number of rotatable bonds is 3. The van der Waals surface area contributed by atoms with Crippen molar-refractivity contribution in [3.8, 4) is 0 Å². The van der Waals surface area contributed by atoms with Gasteiger partial charge < -0.3 is 0 Å². The molecule has 0 aliphatic carbocycles. The van der Waals surface area contributed by atoms with Gasteiger partial charge in [0.25, 0.3) is 0 Å². The van der Waals surface area contributed by atoms with E-state index in [1.807, 2.05) is 0 Å². The summed E-state index contributed by atoms with van der Waals surface area (Å²) in [5, 5.41) is 0. The Bertz CT molecular complexity index is 191. The summed E-state index contributed by atoms with van der Waals surface area (Å²) in [6, 6.07) is 0. The van der Waals surface area contributed by atoms with Crippen molar-refractivity contribution in [3.05, 3.63) is 10.3 Å². The summed E-state index contributed by atoms with van der Waals surface area (Å²) in [5.41, 5.74) is 0. The van der Waals surface area contributed by atoms with Crippen LogP contribution in [0, 0.1) is 0 Å². The third-order valence-corrected chi connectivity index (χ3v) is 2.69. The van der Waals surface area contributed by atoms with E-state index in [0.717, 1.165) is 4.24 Å². The quantitative estimate of drug-likeness (QED) is 0.596. The summed E-state index contributed by atoms with van der Waals surface area (Å²) in [5.74, 6) is -0.804. The Morgan fingerprint density at radius 2 is 2.11 bits per heavy atom. The SMILES string of the molecule is [2H]C([2H])([2H])C(=O)C=C(SC)SC. The average molecular weight is 165 g/mol. The molecule has 52 valence electrons. The fraction of sp³-hybridized carbons (Fsp3) is 0.500. The molecule has 0 rings (SSSR count). The number of hydrogen-bond donors (Lipinski definition) is 0. The molecule has 0 aromatic rings. The minimum Gasteiger partial charge on any atom is -0.295 e. The van der Waals surface area contributed by atoms with Gasteiger partial charge in [0, 0.05) is 14.4 Å². The van der Waals surface area contributed by atoms with Crippen LogP contribution in [-0.4, -0.2) is 18.3 Å². The van der Waals surface area contributed by atoms with Gasteiger partial charge in [0.1, 0.15) is 0 Å². The fourth-order valence-corrected chi connectivity index (χ4v) is 1.42. The summed E-state index contributed by atoms with van der Waals surface area (Å²) >= 11 is 2.74. The molecule has 0 spiro atoms. The maximum absolute atomic E-state index is 10.9. The number of ketones is 1. The molecule has 0 aliphatic rings. The molecule has 9 heavy (non-hydrogen) atoms. The highest BCUT2D eigenvalue weighted by molar-refractivity contribution is 8.21. The summed E-state index contributed by atoms with van der Waals surface area (Å²) in [6.45, 7) is -2.50. The molecule has 0 amide bonds. The fourth-order valence-electron chi connectivity index (χ4n) is 0.308. The van der Waals surface area contributed by atoms with Gasteiger partial charge in [0.05, 0.1) is 0 Å². The highest BCUT2D eigenvalue weighted by Crippen LogP contribution is 2.22. The Kier molecular flexibility index (Phi) is 2.66. The maximum atomic E-state index is 10.9. The third-order valence-electron chi connectivity index (χ3n) is 0.651. The van der Waals surface area contributed by atoms with Crippen molar-refractivity contribution < 1.29 is 8.91 Å². The first-order valence-corrected chi connectivity index (χ1v) is 4.71. The predicted molar refractivity (Wildman–Crippen MR) is 45.8 cm³/mol. The molecule has 0 unspecified atom stereocenters. The van der Waals surface area contributed by atoms with Gasteiger partial charge in [-0.3, -0.25) is 4.79 Å². The zero-order valence-electron chi connectivity index (χ0n) is 8.30. The van der Waals surface area contributed by atoms with Crippen molar-refractivity contribution in [2.45, 2.75) is 6.85 Å². The van der Waals surface area contributed by atoms with Crippen LogP contribution in [0.2, 0.25) is 0 Å². The van der Waals surface area contributed by atoms with Crippen molar-refractivity contribution in [3.63, 3.8) is 0 Å². The van der Waals surface area contributed by atoms with Crippen LogP contribution in [0.4, 0.5) is 0 Å². The van der Waals surface area contributed by atoms with E-state index in [0.29, 0.717) is 0 Å². The first-order chi connectivity index (χ1) is 5.41. The lowest BCUT2D eigenvalue weighted by atomic mass is 10.5. The van der Waals surface area contributed by atoms with Gasteiger partial charge in [-0.15, -0.1) is 23.5 Å². The van der Waals surface area contributed by atoms with E-state index in [-0.39, 0.29) is 0 Å². The first kappa shape index (κ1) is 4.85. The van der Waals surface area contributed by atoms with Gasteiger partial charge in [-0.2, -0.15) is 0 Å². The second kappa shape index (κ2) is 4.94. The average Bonchev–Trinajstić information content (AvgIpc) is 1.97. The Balaban J connectivity index is 4.42. The van der Waals surface area contributed by atoms with Gasteiger partial charge >= 0.3 is 0 Å². The molecule has 0 aliphatic heterocycles. The van der Waals surface area contributed by atoms with Gasteiger partial charge in [-0.1, -0.05) is 0 Å². The van der Waals surface area contributed by atoms with Crippen molar-refractivity contribution in [1.82, 2.24) is 0 Å². The summed E-state index contributed by atoms with van der Waals surface area (Å²) < 4.78 is 21.1. The second-order valence-corrected chi connectivity index (χ2v) is 3.19. The molecule has 0 aromatic heterocycles. The molecule has 0 heterocycles. The first-order valence-electron chi connectivity index (χ1n) is 3.76. The summed E-state index contributed by atoms with van der Waals surface area (Å²) in [7, 11) is 0. The van der Waals surface area contributed by atoms with Gasteiger partial charge in [0.15, 0.2) is 5.78 Å². The van der Waals surface area contributed by atoms with E-state index in [9.17, 15) is 4.79 Å². The molecule has 0 atom stereocenters. The Labute approximate surface area is 68.5 Å². The number of allylic oxidation sites excluding steroid dienone is 1. The monoisotopic (exact) mass is 165 g/mol. The molecule has 0 N–H and O–H groups in total. The molecule has 0 saturated carbocycles. The molecule has 0 bridgehead atoms. The highest BCUT2D eigenvalue weighted by Gasteiger charge is 1.92. The minimum atomic E-state index is -2.50. The topological polar surface area (TPSA) is 17.1 Å². The van der Waals surface area contributed by atoms with Gasteiger partial charge in [0.2, 0.25) is 0 Å². The Morgan fingerprint density at radius 3 is 2.44 bits per heavy atom. The number of carbonyl (C=O) groups excluding carboxylic acids is 1. The van der Waals surface area contributed by atoms with Crippen LogP contribution in [0.3, 0.4) is 0 Å². The lowest BCUT2D eigenvalue weighted by Crippen LogP contribution is -1.81. The van der Waals surface area contributed by atoms with Crippen LogP contribution in [-0.2, 0) is 4.79 Å². The molecule has 0 radical (unpaired) electrons. The lowest BCUT2D eigenvalue weighted by Gasteiger charge is -1.94. The standard InChI is InChI=1S/C6H10OS2/c1-5(7)4-6(8-2)9-3/h4H,1-3H3/i1D3. The van der Waals surface area contributed by atoms with Crippen LogP contribution in [0.25, 0.3) is 0 Å². The van der Waals surface area contributed by atoms with Gasteiger partial charge in [-0.25, -0.2) is 0 Å². The summed E-state index contributed by atoms with van der Waals surface area (Å²) in [4.78, 5) is 10.9. The van der Waals surface area contributed by atoms with E-state index in [4.69, 9.17) is 4.11 Å². The molecule has 0 aromatic carbocycles. The molecule has 3 heteroatoms. The maximum Gasteiger partial charge on any atom is 0.154 e. The van der Waals surface area contributed by atoms with E-state index < -0.39 is 12.6 Å². The number of hydrogen-bond acceptors (Lipinski definition) is 3. The molecule has 1 nitrogen and oxygen atoms in total. The number of thioether (sulfide) groups is 2.